The van der Waals surface area contributed by atoms with Crippen LogP contribution in [0.1, 0.15) is 5.82 Å². The summed E-state index contributed by atoms with van der Waals surface area (Å²) >= 11 is 0. The second-order valence-corrected chi connectivity index (χ2v) is 3.82. The zero-order valence-corrected chi connectivity index (χ0v) is 9.53. The van der Waals surface area contributed by atoms with E-state index in [-0.39, 0.29) is 5.78 Å². The van der Waals surface area contributed by atoms with Crippen LogP contribution in [0.4, 0.5) is 0 Å². The first-order valence-electron chi connectivity index (χ1n) is 5.29. The van der Waals surface area contributed by atoms with Gasteiger partial charge in [0.05, 0.1) is 24.0 Å². The number of hydrogen-bond donors (Lipinski definition) is 1. The summed E-state index contributed by atoms with van der Waals surface area (Å²) in [7, 11) is 3.71. The lowest BCUT2D eigenvalue weighted by Crippen LogP contribution is -2.21. The van der Waals surface area contributed by atoms with Gasteiger partial charge in [-0.05, 0) is 19.2 Å². The van der Waals surface area contributed by atoms with Crippen LogP contribution >= 0.6 is 0 Å². The molecule has 84 valence electrons. The Hall–Kier alpha value is -1.68. The number of aromatic nitrogens is 2. The molecule has 0 amide bonds. The van der Waals surface area contributed by atoms with E-state index in [1.807, 2.05) is 35.9 Å². The molecule has 16 heavy (non-hydrogen) atoms. The number of Topliss-reactive ketones (excluding diaryl/α,β-unsaturated/α-hetero) is 1. The number of carbonyl (C=O) groups excluding carboxylic acids is 1. The molecule has 0 aliphatic heterocycles. The molecule has 0 saturated carbocycles. The van der Waals surface area contributed by atoms with E-state index in [0.717, 1.165) is 16.9 Å². The molecule has 1 aromatic carbocycles. The van der Waals surface area contributed by atoms with Crippen LogP contribution in [0.3, 0.4) is 0 Å². The molecule has 2 rings (SSSR count). The fraction of sp³-hybridized carbons (Fsp3) is 0.333. The molecule has 0 radical (unpaired) electrons. The number of rotatable bonds is 4. The summed E-state index contributed by atoms with van der Waals surface area (Å²) in [5, 5.41) is 2.85. The van der Waals surface area contributed by atoms with Crippen molar-refractivity contribution in [2.45, 2.75) is 6.42 Å². The summed E-state index contributed by atoms with van der Waals surface area (Å²) < 4.78 is 1.98. The van der Waals surface area contributed by atoms with Crippen molar-refractivity contribution in [3.63, 3.8) is 0 Å². The first-order chi connectivity index (χ1) is 7.72. The van der Waals surface area contributed by atoms with Crippen molar-refractivity contribution in [1.29, 1.82) is 0 Å². The molecule has 1 aromatic heterocycles. The van der Waals surface area contributed by atoms with E-state index in [1.54, 1.807) is 7.05 Å². The van der Waals surface area contributed by atoms with Crippen molar-refractivity contribution in [3.05, 3.63) is 30.1 Å². The normalized spacial score (nSPS) is 10.9. The first-order valence-corrected chi connectivity index (χ1v) is 5.29. The monoisotopic (exact) mass is 217 g/mol. The molecule has 4 heteroatoms. The van der Waals surface area contributed by atoms with Gasteiger partial charge in [0.15, 0.2) is 5.78 Å². The molecular weight excluding hydrogens is 202 g/mol. The third-order valence-electron chi connectivity index (χ3n) is 2.61. The van der Waals surface area contributed by atoms with E-state index in [2.05, 4.69) is 10.3 Å². The van der Waals surface area contributed by atoms with Crippen molar-refractivity contribution >= 4 is 16.8 Å². The van der Waals surface area contributed by atoms with Gasteiger partial charge in [-0.1, -0.05) is 12.1 Å². The molecular formula is C12H15N3O. The number of hydrogen-bond acceptors (Lipinski definition) is 3. The number of fused-ring (bicyclic) bond motifs is 1. The number of nitrogens with one attached hydrogen (secondary N) is 1. The molecule has 0 aliphatic carbocycles. The highest BCUT2D eigenvalue weighted by molar-refractivity contribution is 5.83. The van der Waals surface area contributed by atoms with E-state index in [4.69, 9.17) is 0 Å². The topological polar surface area (TPSA) is 46.9 Å². The van der Waals surface area contributed by atoms with Crippen molar-refractivity contribution in [2.24, 2.45) is 7.05 Å². The molecule has 2 aromatic rings. The summed E-state index contributed by atoms with van der Waals surface area (Å²) in [6.45, 7) is 0.392. The summed E-state index contributed by atoms with van der Waals surface area (Å²) in [5.74, 6) is 0.974. The van der Waals surface area contributed by atoms with Crippen LogP contribution in [0.5, 0.6) is 0 Å². The van der Waals surface area contributed by atoms with Crippen molar-refractivity contribution < 1.29 is 4.79 Å². The van der Waals surface area contributed by atoms with Crippen molar-refractivity contribution in [1.82, 2.24) is 14.9 Å². The van der Waals surface area contributed by atoms with Gasteiger partial charge in [0, 0.05) is 7.05 Å². The van der Waals surface area contributed by atoms with Crippen LogP contribution in [0.15, 0.2) is 24.3 Å². The second kappa shape index (κ2) is 4.45. The predicted octanol–water partition coefficient (Wildman–Crippen LogP) is 0.904. The summed E-state index contributed by atoms with van der Waals surface area (Å²) in [4.78, 5) is 16.0. The number of imidazole rings is 1. The number of likely N-dealkylation sites (N-methyl/N-ethyl adjacent to an activating group) is 1. The third-order valence-corrected chi connectivity index (χ3v) is 2.61. The van der Waals surface area contributed by atoms with Crippen LogP contribution in [0.2, 0.25) is 0 Å². The van der Waals surface area contributed by atoms with Gasteiger partial charge < -0.3 is 9.88 Å². The molecule has 0 fully saturated rings. The maximum Gasteiger partial charge on any atom is 0.154 e. The van der Waals surface area contributed by atoms with Crippen LogP contribution in [-0.2, 0) is 18.3 Å². The molecule has 0 atom stereocenters. The fourth-order valence-electron chi connectivity index (χ4n) is 1.79. The van der Waals surface area contributed by atoms with Crippen LogP contribution in [-0.4, -0.2) is 28.9 Å². The van der Waals surface area contributed by atoms with E-state index < -0.39 is 0 Å². The second-order valence-electron chi connectivity index (χ2n) is 3.82. The highest BCUT2D eigenvalue weighted by atomic mass is 16.1. The standard InChI is InChI=1S/C12H15N3O/c1-13-8-9(16)7-12-14-10-5-3-4-6-11(10)15(12)2/h3-6,13H,7-8H2,1-2H3. The summed E-state index contributed by atoms with van der Waals surface area (Å²) in [6, 6.07) is 7.90. The maximum absolute atomic E-state index is 11.5. The van der Waals surface area contributed by atoms with Gasteiger partial charge in [-0.3, -0.25) is 4.79 Å². The minimum atomic E-state index is 0.154. The number of ketones is 1. The molecule has 0 bridgehead atoms. The van der Waals surface area contributed by atoms with Gasteiger partial charge in [-0.2, -0.15) is 0 Å². The van der Waals surface area contributed by atoms with E-state index >= 15 is 0 Å². The smallest absolute Gasteiger partial charge is 0.154 e. The van der Waals surface area contributed by atoms with Gasteiger partial charge in [0.1, 0.15) is 5.82 Å². The Morgan fingerprint density at radius 3 is 2.88 bits per heavy atom. The Morgan fingerprint density at radius 1 is 1.44 bits per heavy atom. The maximum atomic E-state index is 11.5. The first kappa shape index (κ1) is 10.8. The number of nitrogens with zero attached hydrogens (tertiary/aromatic N) is 2. The zero-order chi connectivity index (χ0) is 11.5. The average Bonchev–Trinajstić information content (AvgIpc) is 2.57. The number of benzene rings is 1. The minimum absolute atomic E-state index is 0.154. The Kier molecular flexibility index (Phi) is 3.01. The van der Waals surface area contributed by atoms with E-state index in [0.29, 0.717) is 13.0 Å². The van der Waals surface area contributed by atoms with Crippen molar-refractivity contribution in [3.8, 4) is 0 Å². The summed E-state index contributed by atoms with van der Waals surface area (Å²) in [5.41, 5.74) is 2.01. The van der Waals surface area contributed by atoms with Crippen LogP contribution in [0.25, 0.3) is 11.0 Å². The largest absolute Gasteiger partial charge is 0.331 e. The van der Waals surface area contributed by atoms with E-state index in [1.165, 1.54) is 0 Å². The zero-order valence-electron chi connectivity index (χ0n) is 9.53. The SMILES string of the molecule is CNCC(=O)Cc1nc2ccccc2n1C. The molecule has 0 aliphatic rings. The lowest BCUT2D eigenvalue weighted by Gasteiger charge is -2.01. The lowest BCUT2D eigenvalue weighted by atomic mass is 10.2. The van der Waals surface area contributed by atoms with Crippen molar-refractivity contribution in [2.75, 3.05) is 13.6 Å². The molecule has 1 N–H and O–H groups in total. The highest BCUT2D eigenvalue weighted by Crippen LogP contribution is 2.14. The van der Waals surface area contributed by atoms with Gasteiger partial charge in [-0.15, -0.1) is 0 Å². The Bertz CT molecular complexity index is 516. The molecule has 0 spiro atoms. The Balaban J connectivity index is 2.31. The van der Waals surface area contributed by atoms with Crippen LogP contribution < -0.4 is 5.32 Å². The molecule has 4 nitrogen and oxygen atoms in total. The lowest BCUT2D eigenvalue weighted by molar-refractivity contribution is -0.117. The number of carbonyl (C=O) groups is 1. The van der Waals surface area contributed by atoms with Gasteiger partial charge in [0.2, 0.25) is 0 Å². The van der Waals surface area contributed by atoms with Gasteiger partial charge >= 0.3 is 0 Å². The Labute approximate surface area is 94.3 Å². The quantitative estimate of drug-likeness (QED) is 0.828. The van der Waals surface area contributed by atoms with Gasteiger partial charge in [-0.25, -0.2) is 4.98 Å². The van der Waals surface area contributed by atoms with Crippen LogP contribution in [0, 0.1) is 0 Å². The van der Waals surface area contributed by atoms with Gasteiger partial charge in [0.25, 0.3) is 0 Å². The third kappa shape index (κ3) is 1.97. The summed E-state index contributed by atoms with van der Waals surface area (Å²) in [6.07, 6.45) is 0.381. The highest BCUT2D eigenvalue weighted by Gasteiger charge is 2.10. The fourth-order valence-corrected chi connectivity index (χ4v) is 1.79. The molecule has 0 saturated heterocycles. The number of para-hydroxylation sites is 2. The Morgan fingerprint density at radius 2 is 2.19 bits per heavy atom. The molecule has 0 unspecified atom stereocenters. The number of aryl methyl sites for hydroxylation is 1. The molecule has 1 heterocycles. The predicted molar refractivity (Wildman–Crippen MR) is 63.4 cm³/mol. The minimum Gasteiger partial charge on any atom is -0.331 e. The van der Waals surface area contributed by atoms with E-state index in [9.17, 15) is 4.79 Å². The average molecular weight is 217 g/mol.